The van der Waals surface area contributed by atoms with E-state index in [0.29, 0.717) is 12.0 Å². The Morgan fingerprint density at radius 1 is 1.25 bits per heavy atom. The van der Waals surface area contributed by atoms with Crippen LogP contribution in [0.15, 0.2) is 18.2 Å². The first-order chi connectivity index (χ1) is 9.56. The zero-order valence-corrected chi connectivity index (χ0v) is 12.6. The summed E-state index contributed by atoms with van der Waals surface area (Å²) < 4.78 is 0. The summed E-state index contributed by atoms with van der Waals surface area (Å²) in [5.41, 5.74) is 3.71. The molecular weight excluding hydrogens is 248 g/mol. The molecule has 0 bridgehead atoms. The van der Waals surface area contributed by atoms with Crippen molar-refractivity contribution in [3.05, 3.63) is 29.3 Å². The minimum atomic E-state index is 0.203. The molecule has 1 saturated carbocycles. The Balaban J connectivity index is 1.77. The minimum Gasteiger partial charge on any atom is -0.326 e. The van der Waals surface area contributed by atoms with Gasteiger partial charge in [-0.1, -0.05) is 26.0 Å². The monoisotopic (exact) mass is 272 g/mol. The van der Waals surface area contributed by atoms with Gasteiger partial charge in [0.15, 0.2) is 0 Å². The third-order valence-electron chi connectivity index (χ3n) is 4.75. The molecule has 1 amide bonds. The van der Waals surface area contributed by atoms with E-state index in [2.05, 4.69) is 43.1 Å². The van der Waals surface area contributed by atoms with Gasteiger partial charge in [-0.15, -0.1) is 0 Å². The summed E-state index contributed by atoms with van der Waals surface area (Å²) in [6.07, 6.45) is 2.11. The molecule has 0 radical (unpaired) electrons. The largest absolute Gasteiger partial charge is 0.326 e. The summed E-state index contributed by atoms with van der Waals surface area (Å²) in [4.78, 5) is 14.5. The van der Waals surface area contributed by atoms with Crippen molar-refractivity contribution in [3.8, 4) is 0 Å². The van der Waals surface area contributed by atoms with E-state index in [1.165, 1.54) is 11.1 Å². The van der Waals surface area contributed by atoms with E-state index in [1.807, 2.05) is 6.07 Å². The predicted molar refractivity (Wildman–Crippen MR) is 81.3 cm³/mol. The van der Waals surface area contributed by atoms with Gasteiger partial charge in [-0.05, 0) is 42.9 Å². The molecule has 3 nitrogen and oxygen atoms in total. The lowest BCUT2D eigenvalue weighted by Gasteiger charge is -2.27. The number of hydrogen-bond donors (Lipinski definition) is 1. The summed E-state index contributed by atoms with van der Waals surface area (Å²) in [7, 11) is 0. The van der Waals surface area contributed by atoms with Gasteiger partial charge in [-0.25, -0.2) is 0 Å². The minimum absolute atomic E-state index is 0.203. The molecule has 2 aliphatic rings. The number of nitrogens with one attached hydrogen (secondary N) is 1. The Bertz CT molecular complexity index is 520. The van der Waals surface area contributed by atoms with Gasteiger partial charge in [-0.2, -0.15) is 0 Å². The third kappa shape index (κ3) is 2.59. The topological polar surface area (TPSA) is 32.3 Å². The standard InChI is InChI=1S/C17H24N2O/c1-11(2)12(3)19-9-14-5-4-6-16(15(14)10-19)18-17(20)13-7-8-13/h4-6,11-13H,7-10H2,1-3H3,(H,18,20). The van der Waals surface area contributed by atoms with E-state index in [-0.39, 0.29) is 11.8 Å². The van der Waals surface area contributed by atoms with Crippen LogP contribution in [0.2, 0.25) is 0 Å². The van der Waals surface area contributed by atoms with Gasteiger partial charge in [-0.3, -0.25) is 9.69 Å². The maximum atomic E-state index is 12.0. The lowest BCUT2D eigenvalue weighted by atomic mass is 10.1. The smallest absolute Gasteiger partial charge is 0.227 e. The van der Waals surface area contributed by atoms with Crippen molar-refractivity contribution in [2.75, 3.05) is 5.32 Å². The highest BCUT2D eigenvalue weighted by atomic mass is 16.2. The van der Waals surface area contributed by atoms with Crippen molar-refractivity contribution in [2.24, 2.45) is 11.8 Å². The van der Waals surface area contributed by atoms with Crippen molar-refractivity contribution >= 4 is 11.6 Å². The fraction of sp³-hybridized carbons (Fsp3) is 0.588. The highest BCUT2D eigenvalue weighted by Crippen LogP contribution is 2.34. The average Bonchev–Trinajstić information content (AvgIpc) is 3.17. The molecule has 3 heteroatoms. The second-order valence-electron chi connectivity index (χ2n) is 6.60. The molecule has 1 aromatic rings. The van der Waals surface area contributed by atoms with Gasteiger partial charge >= 0.3 is 0 Å². The molecular formula is C17H24N2O. The van der Waals surface area contributed by atoms with Crippen LogP contribution >= 0.6 is 0 Å². The van der Waals surface area contributed by atoms with E-state index in [0.717, 1.165) is 31.6 Å². The molecule has 20 heavy (non-hydrogen) atoms. The number of hydrogen-bond acceptors (Lipinski definition) is 2. The van der Waals surface area contributed by atoms with Crippen LogP contribution in [0.4, 0.5) is 5.69 Å². The van der Waals surface area contributed by atoms with Gasteiger partial charge in [0.2, 0.25) is 5.91 Å². The second-order valence-corrected chi connectivity index (χ2v) is 6.60. The van der Waals surface area contributed by atoms with Gasteiger partial charge < -0.3 is 5.32 Å². The molecule has 1 aromatic carbocycles. The summed E-state index contributed by atoms with van der Waals surface area (Å²) in [6, 6.07) is 6.86. The molecule has 1 N–H and O–H groups in total. The van der Waals surface area contributed by atoms with Crippen LogP contribution in [0.1, 0.15) is 44.7 Å². The molecule has 3 rings (SSSR count). The maximum Gasteiger partial charge on any atom is 0.227 e. The fourth-order valence-corrected chi connectivity index (χ4v) is 2.85. The van der Waals surface area contributed by atoms with Gasteiger partial charge in [0, 0.05) is 30.7 Å². The molecule has 1 heterocycles. The Morgan fingerprint density at radius 2 is 2.00 bits per heavy atom. The number of anilines is 1. The van der Waals surface area contributed by atoms with Crippen LogP contribution in [0.25, 0.3) is 0 Å². The van der Waals surface area contributed by atoms with Crippen LogP contribution in [-0.2, 0) is 17.9 Å². The summed E-state index contributed by atoms with van der Waals surface area (Å²) in [5, 5.41) is 3.13. The van der Waals surface area contributed by atoms with Gasteiger partial charge in [0.25, 0.3) is 0 Å². The molecule has 1 aliphatic heterocycles. The van der Waals surface area contributed by atoms with Crippen molar-refractivity contribution < 1.29 is 4.79 Å². The zero-order valence-electron chi connectivity index (χ0n) is 12.6. The van der Waals surface area contributed by atoms with Crippen molar-refractivity contribution in [1.82, 2.24) is 4.90 Å². The normalized spacial score (nSPS) is 20.0. The zero-order chi connectivity index (χ0) is 14.3. The Kier molecular flexibility index (Phi) is 3.55. The molecule has 1 unspecified atom stereocenters. The van der Waals surface area contributed by atoms with Crippen LogP contribution in [-0.4, -0.2) is 16.8 Å². The first-order valence-electron chi connectivity index (χ1n) is 7.72. The molecule has 0 saturated heterocycles. The second kappa shape index (κ2) is 5.21. The number of benzene rings is 1. The van der Waals surface area contributed by atoms with Gasteiger partial charge in [0.05, 0.1) is 0 Å². The predicted octanol–water partition coefficient (Wildman–Crippen LogP) is 3.40. The molecule has 108 valence electrons. The molecule has 0 aromatic heterocycles. The highest BCUT2D eigenvalue weighted by molar-refractivity contribution is 5.94. The number of nitrogens with zero attached hydrogens (tertiary/aromatic N) is 1. The number of carbonyl (C=O) groups is 1. The molecule has 1 fully saturated rings. The summed E-state index contributed by atoms with van der Waals surface area (Å²) in [5.74, 6) is 1.11. The van der Waals surface area contributed by atoms with Gasteiger partial charge in [0.1, 0.15) is 0 Å². The maximum absolute atomic E-state index is 12.0. The van der Waals surface area contributed by atoms with Crippen molar-refractivity contribution in [1.29, 1.82) is 0 Å². The first-order valence-corrected chi connectivity index (χ1v) is 7.72. The fourth-order valence-electron chi connectivity index (χ4n) is 2.85. The Labute approximate surface area is 121 Å². The van der Waals surface area contributed by atoms with Crippen LogP contribution < -0.4 is 5.32 Å². The molecule has 1 aliphatic carbocycles. The lowest BCUT2D eigenvalue weighted by Crippen LogP contribution is -2.32. The van der Waals surface area contributed by atoms with E-state index < -0.39 is 0 Å². The number of fused-ring (bicyclic) bond motifs is 1. The van der Waals surface area contributed by atoms with Crippen LogP contribution in [0.3, 0.4) is 0 Å². The summed E-state index contributed by atoms with van der Waals surface area (Å²) in [6.45, 7) is 8.78. The Hall–Kier alpha value is -1.35. The SMILES string of the molecule is CC(C)C(C)N1Cc2cccc(NC(=O)C3CC3)c2C1. The van der Waals surface area contributed by atoms with E-state index in [9.17, 15) is 4.79 Å². The highest BCUT2D eigenvalue weighted by Gasteiger charge is 2.31. The van der Waals surface area contributed by atoms with E-state index >= 15 is 0 Å². The van der Waals surface area contributed by atoms with Crippen LogP contribution in [0, 0.1) is 11.8 Å². The summed E-state index contributed by atoms with van der Waals surface area (Å²) >= 11 is 0. The van der Waals surface area contributed by atoms with E-state index in [1.54, 1.807) is 0 Å². The number of rotatable bonds is 4. The van der Waals surface area contributed by atoms with E-state index in [4.69, 9.17) is 0 Å². The molecule has 1 atom stereocenters. The molecule has 0 spiro atoms. The van der Waals surface area contributed by atoms with Crippen molar-refractivity contribution in [3.63, 3.8) is 0 Å². The number of amides is 1. The first kappa shape index (κ1) is 13.6. The van der Waals surface area contributed by atoms with Crippen molar-refractivity contribution in [2.45, 2.75) is 52.7 Å². The lowest BCUT2D eigenvalue weighted by molar-refractivity contribution is -0.117. The Morgan fingerprint density at radius 3 is 2.65 bits per heavy atom. The van der Waals surface area contributed by atoms with Crippen LogP contribution in [0.5, 0.6) is 0 Å². The third-order valence-corrected chi connectivity index (χ3v) is 4.75. The number of carbonyl (C=O) groups excluding carboxylic acids is 1. The quantitative estimate of drug-likeness (QED) is 0.911. The average molecular weight is 272 g/mol.